The highest BCUT2D eigenvalue weighted by atomic mass is 16.6. The summed E-state index contributed by atoms with van der Waals surface area (Å²) in [4.78, 5) is 9.51. The summed E-state index contributed by atoms with van der Waals surface area (Å²) in [7, 11) is 0. The molecule has 2 N–H and O–H groups in total. The minimum atomic E-state index is -0.778. The number of nitrogens with zero attached hydrogens (tertiary/aromatic N) is 1. The summed E-state index contributed by atoms with van der Waals surface area (Å²) in [5.41, 5.74) is 10.3. The molecule has 350 valence electrons. The van der Waals surface area contributed by atoms with Crippen molar-refractivity contribution in [2.75, 3.05) is 0 Å². The molecular weight excluding hydrogens is 709 g/mol. The molecule has 0 aromatic heterocycles. The number of nitro groups is 1. The fourth-order valence-electron chi connectivity index (χ4n) is 8.72. The number of allylic oxidation sites excluding steroid dienone is 2. The van der Waals surface area contributed by atoms with Crippen LogP contribution in [-0.4, -0.2) is 16.0 Å². The topological polar surface area (TPSA) is 69.2 Å². The van der Waals surface area contributed by atoms with Crippen molar-refractivity contribution in [1.29, 1.82) is 0 Å². The minimum Gasteiger partial charge on any atom is -0.326 e. The third kappa shape index (κ3) is 34.4. The van der Waals surface area contributed by atoms with Gasteiger partial charge in [-0.1, -0.05) is 189 Å². The zero-order valence-corrected chi connectivity index (χ0v) is 47.0. The molecule has 0 bridgehead atoms. The van der Waals surface area contributed by atoms with Gasteiger partial charge >= 0.3 is 0 Å². The van der Waals surface area contributed by atoms with Gasteiger partial charge in [0.05, 0.1) is 0 Å². The largest absolute Gasteiger partial charge is 0.326 e. The van der Waals surface area contributed by atoms with Crippen molar-refractivity contribution < 1.29 is 4.92 Å². The maximum Gasteiger partial charge on any atom is 0.214 e. The molecule has 0 aliphatic rings. The zero-order chi connectivity index (χ0) is 49.3. The van der Waals surface area contributed by atoms with E-state index in [2.05, 4.69) is 220 Å². The van der Waals surface area contributed by atoms with Crippen LogP contribution in [0.2, 0.25) is 0 Å². The second-order valence-electron chi connectivity index (χ2n) is 29.7. The lowest BCUT2D eigenvalue weighted by Crippen LogP contribution is -2.48. The van der Waals surface area contributed by atoms with E-state index < -0.39 is 5.54 Å². The van der Waals surface area contributed by atoms with Crippen molar-refractivity contribution in [3.05, 3.63) is 21.3 Å². The SMILES string of the molecule is CC(C)(C)C#CC(C)(C)C.CC(C)(C)C(=C(C(C)(C)C)C(C)(C)C)C(C)(C)C.CC(C)(C)C(C(C(C)(C)C)C(C)(C)C)C(C)(C)C.CC(C)(C)N.CC(C)(C)[N+](=O)[O-]. The molecule has 0 unspecified atom stereocenters. The van der Waals surface area contributed by atoms with Gasteiger partial charge in [-0.15, -0.1) is 0 Å². The summed E-state index contributed by atoms with van der Waals surface area (Å²) in [5, 5.41) is 9.83. The van der Waals surface area contributed by atoms with Crippen LogP contribution in [0.3, 0.4) is 0 Å². The third-order valence-electron chi connectivity index (χ3n) is 8.68. The smallest absolute Gasteiger partial charge is 0.214 e. The molecule has 0 amide bonds. The highest BCUT2D eigenvalue weighted by Gasteiger charge is 2.49. The Balaban J connectivity index is -0.000000217. The minimum absolute atomic E-state index is 0. The van der Waals surface area contributed by atoms with Crippen LogP contribution in [0.5, 0.6) is 0 Å². The van der Waals surface area contributed by atoms with Crippen molar-refractivity contribution in [3.63, 3.8) is 0 Å². The molecule has 4 nitrogen and oxygen atoms in total. The molecule has 58 heavy (non-hydrogen) atoms. The van der Waals surface area contributed by atoms with E-state index in [0.717, 1.165) is 0 Å². The Bertz CT molecular complexity index is 1130. The van der Waals surface area contributed by atoms with E-state index in [1.165, 1.54) is 0 Å². The Hall–Kier alpha value is -1.34. The van der Waals surface area contributed by atoms with Crippen molar-refractivity contribution in [3.8, 4) is 11.8 Å². The van der Waals surface area contributed by atoms with E-state index in [9.17, 15) is 10.1 Å². The van der Waals surface area contributed by atoms with Crippen molar-refractivity contribution in [2.45, 2.75) is 260 Å². The number of rotatable bonds is 1. The number of hydrogen-bond donors (Lipinski definition) is 1. The fourth-order valence-corrected chi connectivity index (χ4v) is 8.72. The normalized spacial score (nSPS) is 13.9. The second-order valence-corrected chi connectivity index (χ2v) is 29.7. The maximum atomic E-state index is 9.83. The van der Waals surface area contributed by atoms with Gasteiger partial charge in [-0.3, -0.25) is 10.1 Å². The van der Waals surface area contributed by atoms with Crippen LogP contribution in [-0.2, 0) is 0 Å². The summed E-state index contributed by atoms with van der Waals surface area (Å²) >= 11 is 0. The van der Waals surface area contributed by atoms with Crippen molar-refractivity contribution in [2.24, 2.45) is 71.7 Å². The molecule has 4 heteroatoms. The van der Waals surface area contributed by atoms with Gasteiger partial charge in [0.15, 0.2) is 0 Å². The fraction of sp³-hybridized carbons (Fsp3) is 0.926. The van der Waals surface area contributed by atoms with Crippen LogP contribution in [0.25, 0.3) is 0 Å². The van der Waals surface area contributed by atoms with Gasteiger partial charge in [0.1, 0.15) is 0 Å². The molecule has 0 saturated heterocycles. The monoisotopic (exact) mass is 821 g/mol. The summed E-state index contributed by atoms with van der Waals surface area (Å²) in [6.07, 6.45) is 0. The van der Waals surface area contributed by atoms with Crippen LogP contribution in [0.1, 0.15) is 249 Å². The molecule has 0 spiro atoms. The lowest BCUT2D eigenvalue weighted by Gasteiger charge is -2.55. The second kappa shape index (κ2) is 21.6. The third-order valence-corrected chi connectivity index (χ3v) is 8.68. The first-order valence-electron chi connectivity index (χ1n) is 22.4. The predicted molar refractivity (Wildman–Crippen MR) is 267 cm³/mol. The lowest BCUT2D eigenvalue weighted by molar-refractivity contribution is -0.555. The van der Waals surface area contributed by atoms with Gasteiger partial charge in [0.25, 0.3) is 0 Å². The van der Waals surface area contributed by atoms with E-state index in [-0.39, 0.29) is 43.0 Å². The van der Waals surface area contributed by atoms with Crippen molar-refractivity contribution >= 4 is 0 Å². The number of nitrogens with two attached hydrogens (primary N) is 1. The van der Waals surface area contributed by atoms with Crippen LogP contribution in [0.15, 0.2) is 11.1 Å². The highest BCUT2D eigenvalue weighted by Crippen LogP contribution is 2.56. The Morgan fingerprint density at radius 1 is 0.379 bits per heavy atom. The maximum absolute atomic E-state index is 9.83. The standard InChI is InChI=1S/C18H38.C18H36.C10H18.C4H9NO2.C4H11N/c2*1-15(2,3)13(16(4,5)6)14(17(7,8)9)18(10,11)12;1-9(2,3)7-8-10(4,5)6;1-4(2,3)5(6)7;1-4(2,3)5/h13-14H,1-12H3;1-12H3;1-6H3;1-3H3;5H2,1-3H3. The zero-order valence-electron chi connectivity index (χ0n) is 47.0. The van der Waals surface area contributed by atoms with E-state index >= 15 is 0 Å². The Labute approximate surface area is 368 Å². The van der Waals surface area contributed by atoms with Crippen LogP contribution in [0.4, 0.5) is 0 Å². The van der Waals surface area contributed by atoms with Gasteiger partial charge in [0, 0.05) is 42.1 Å². The summed E-state index contributed by atoms with van der Waals surface area (Å²) in [6, 6.07) is 0. The average Bonchev–Trinajstić information content (AvgIpc) is 2.77. The molecule has 0 rings (SSSR count). The average molecular weight is 822 g/mol. The van der Waals surface area contributed by atoms with Crippen LogP contribution >= 0.6 is 0 Å². The molecule has 0 radical (unpaired) electrons. The molecular formula is C54H112N2O2. The first-order chi connectivity index (χ1) is 24.1. The Morgan fingerprint density at radius 2 is 0.500 bits per heavy atom. The van der Waals surface area contributed by atoms with Gasteiger partial charge < -0.3 is 5.73 Å². The van der Waals surface area contributed by atoms with Gasteiger partial charge in [0.2, 0.25) is 5.54 Å². The molecule has 0 fully saturated rings. The van der Waals surface area contributed by atoms with Gasteiger partial charge in [-0.2, -0.15) is 0 Å². The molecule has 0 heterocycles. The quantitative estimate of drug-likeness (QED) is 0.124. The molecule has 0 aromatic rings. The Kier molecular flexibility index (Phi) is 24.5. The number of hydrogen-bond acceptors (Lipinski definition) is 3. The molecule has 0 saturated carbocycles. The predicted octanol–water partition coefficient (Wildman–Crippen LogP) is 17.8. The van der Waals surface area contributed by atoms with Crippen LogP contribution in [0, 0.1) is 87.9 Å². The first kappa shape index (κ1) is 65.8. The summed E-state index contributed by atoms with van der Waals surface area (Å²) in [6.45, 7) is 80.5. The lowest BCUT2D eigenvalue weighted by atomic mass is 9.50. The van der Waals surface area contributed by atoms with E-state index in [4.69, 9.17) is 5.73 Å². The van der Waals surface area contributed by atoms with Crippen LogP contribution < -0.4 is 5.73 Å². The van der Waals surface area contributed by atoms with E-state index in [0.29, 0.717) is 33.5 Å². The first-order valence-corrected chi connectivity index (χ1v) is 22.4. The van der Waals surface area contributed by atoms with Crippen molar-refractivity contribution in [1.82, 2.24) is 0 Å². The van der Waals surface area contributed by atoms with Gasteiger partial charge in [-0.25, -0.2) is 0 Å². The highest BCUT2D eigenvalue weighted by molar-refractivity contribution is 5.33. The van der Waals surface area contributed by atoms with E-state index in [1.54, 1.807) is 31.9 Å². The van der Waals surface area contributed by atoms with Gasteiger partial charge in [-0.05, 0) is 117 Å². The Morgan fingerprint density at radius 3 is 0.552 bits per heavy atom. The summed E-state index contributed by atoms with van der Waals surface area (Å²) < 4.78 is 0. The summed E-state index contributed by atoms with van der Waals surface area (Å²) in [5.74, 6) is 7.82. The molecule has 0 aliphatic carbocycles. The molecule has 0 aromatic carbocycles. The van der Waals surface area contributed by atoms with E-state index in [1.807, 2.05) is 20.8 Å². The molecule has 0 atom stereocenters. The molecule has 0 aliphatic heterocycles.